The summed E-state index contributed by atoms with van der Waals surface area (Å²) in [6.45, 7) is 0. The number of carbonyl (C=O) groups is 1. The van der Waals surface area contributed by atoms with Crippen molar-refractivity contribution in [1.82, 2.24) is 14.5 Å². The Balaban J connectivity index is 2.23. The van der Waals surface area contributed by atoms with Crippen molar-refractivity contribution >= 4 is 22.7 Å². The summed E-state index contributed by atoms with van der Waals surface area (Å²) in [4.78, 5) is 31.6. The summed E-state index contributed by atoms with van der Waals surface area (Å²) in [5, 5.41) is 0. The maximum absolute atomic E-state index is 12.2. The van der Waals surface area contributed by atoms with Gasteiger partial charge >= 0.3 is 5.76 Å². The molecule has 0 aliphatic carbocycles. The number of rotatable bonds is 1. The number of oxazole rings is 1. The second-order valence-corrected chi connectivity index (χ2v) is 3.83. The molecule has 1 aromatic carbocycles. The highest BCUT2D eigenvalue weighted by molar-refractivity contribution is 5.99. The molecule has 0 saturated carbocycles. The number of nitrogens with two attached hydrogens (primary N) is 1. The second kappa shape index (κ2) is 4.05. The first-order valence-electron chi connectivity index (χ1n) is 5.38. The van der Waals surface area contributed by atoms with E-state index < -0.39 is 11.7 Å². The van der Waals surface area contributed by atoms with Crippen LogP contribution in [0.3, 0.4) is 0 Å². The molecule has 0 aliphatic heterocycles. The number of carbonyl (C=O) groups excluding carboxylic acids is 1. The van der Waals surface area contributed by atoms with Crippen molar-refractivity contribution in [2.45, 2.75) is 0 Å². The highest BCUT2D eigenvalue weighted by Crippen LogP contribution is 2.16. The smallest absolute Gasteiger partial charge is 0.407 e. The first-order chi connectivity index (χ1) is 9.16. The Morgan fingerprint density at radius 2 is 2.16 bits per heavy atom. The lowest BCUT2D eigenvalue weighted by Gasteiger charge is -1.99. The van der Waals surface area contributed by atoms with E-state index in [1.165, 1.54) is 24.7 Å². The number of aromatic nitrogens is 3. The lowest BCUT2D eigenvalue weighted by atomic mass is 10.3. The average Bonchev–Trinajstić information content (AvgIpc) is 2.74. The summed E-state index contributed by atoms with van der Waals surface area (Å²) in [6, 6.07) is 4.61. The van der Waals surface area contributed by atoms with E-state index in [1.54, 1.807) is 12.1 Å². The molecular weight excluding hydrogens is 248 g/mol. The number of nitrogen functional groups attached to an aromatic ring is 1. The van der Waals surface area contributed by atoms with E-state index in [-0.39, 0.29) is 11.3 Å². The molecule has 2 heterocycles. The highest BCUT2D eigenvalue weighted by Gasteiger charge is 2.18. The molecule has 0 saturated heterocycles. The standard InChI is InChI=1S/C12H8N4O3/c13-7-1-2-9-10(5-7)19-12(18)16(9)11(17)8-6-14-3-4-15-8/h1-6H,13H2. The Labute approximate surface area is 106 Å². The Morgan fingerprint density at radius 3 is 2.89 bits per heavy atom. The van der Waals surface area contributed by atoms with E-state index in [0.29, 0.717) is 11.2 Å². The maximum Gasteiger partial charge on any atom is 0.427 e. The zero-order valence-electron chi connectivity index (χ0n) is 9.61. The van der Waals surface area contributed by atoms with E-state index in [9.17, 15) is 9.59 Å². The van der Waals surface area contributed by atoms with Crippen LogP contribution >= 0.6 is 0 Å². The van der Waals surface area contributed by atoms with Gasteiger partial charge in [-0.05, 0) is 12.1 Å². The van der Waals surface area contributed by atoms with Gasteiger partial charge in [-0.3, -0.25) is 9.78 Å². The van der Waals surface area contributed by atoms with Gasteiger partial charge in [0.15, 0.2) is 5.58 Å². The minimum Gasteiger partial charge on any atom is -0.407 e. The van der Waals surface area contributed by atoms with Gasteiger partial charge in [-0.25, -0.2) is 14.3 Å². The van der Waals surface area contributed by atoms with Crippen molar-refractivity contribution in [3.8, 4) is 0 Å². The number of hydrogen-bond donors (Lipinski definition) is 1. The summed E-state index contributed by atoms with van der Waals surface area (Å²) in [6.07, 6.45) is 4.09. The van der Waals surface area contributed by atoms with E-state index >= 15 is 0 Å². The van der Waals surface area contributed by atoms with Gasteiger partial charge in [-0.2, -0.15) is 0 Å². The third-order valence-electron chi connectivity index (χ3n) is 2.59. The molecule has 0 radical (unpaired) electrons. The van der Waals surface area contributed by atoms with Crippen molar-refractivity contribution in [1.29, 1.82) is 0 Å². The van der Waals surface area contributed by atoms with Crippen molar-refractivity contribution in [2.24, 2.45) is 0 Å². The lowest BCUT2D eigenvalue weighted by molar-refractivity contribution is 0.0951. The van der Waals surface area contributed by atoms with Gasteiger partial charge in [0.25, 0.3) is 5.91 Å². The molecule has 3 rings (SSSR count). The second-order valence-electron chi connectivity index (χ2n) is 3.83. The van der Waals surface area contributed by atoms with Gasteiger partial charge in [0.1, 0.15) is 5.69 Å². The van der Waals surface area contributed by atoms with Gasteiger partial charge in [-0.15, -0.1) is 0 Å². The average molecular weight is 256 g/mol. The summed E-state index contributed by atoms with van der Waals surface area (Å²) >= 11 is 0. The molecule has 0 bridgehead atoms. The normalized spacial score (nSPS) is 10.7. The van der Waals surface area contributed by atoms with Crippen LogP contribution in [0.5, 0.6) is 0 Å². The molecule has 2 aromatic heterocycles. The first kappa shape index (κ1) is 11.1. The molecule has 3 aromatic rings. The third kappa shape index (κ3) is 1.77. The van der Waals surface area contributed by atoms with Crippen molar-refractivity contribution < 1.29 is 9.21 Å². The topological polar surface area (TPSA) is 104 Å². The molecule has 7 heteroatoms. The number of hydrogen-bond acceptors (Lipinski definition) is 6. The minimum absolute atomic E-state index is 0.0594. The van der Waals surface area contributed by atoms with Crippen molar-refractivity contribution in [3.05, 3.63) is 53.0 Å². The molecule has 7 nitrogen and oxygen atoms in total. The summed E-state index contributed by atoms with van der Waals surface area (Å²) < 4.78 is 5.88. The number of fused-ring (bicyclic) bond motifs is 1. The van der Waals surface area contributed by atoms with Gasteiger partial charge in [0, 0.05) is 24.1 Å². The van der Waals surface area contributed by atoms with Crippen LogP contribution in [-0.4, -0.2) is 20.4 Å². The fraction of sp³-hybridized carbons (Fsp3) is 0. The van der Waals surface area contributed by atoms with Crippen LogP contribution < -0.4 is 11.5 Å². The lowest BCUT2D eigenvalue weighted by Crippen LogP contribution is -2.24. The monoisotopic (exact) mass is 256 g/mol. The molecule has 0 unspecified atom stereocenters. The van der Waals surface area contributed by atoms with Gasteiger partial charge in [-0.1, -0.05) is 0 Å². The molecule has 0 spiro atoms. The SMILES string of the molecule is Nc1ccc2c(c1)oc(=O)n2C(=O)c1cnccn1. The number of nitrogens with zero attached hydrogens (tertiary/aromatic N) is 3. The van der Waals surface area contributed by atoms with Crippen LogP contribution in [-0.2, 0) is 0 Å². The third-order valence-corrected chi connectivity index (χ3v) is 2.59. The Hall–Kier alpha value is -2.96. The zero-order valence-corrected chi connectivity index (χ0v) is 9.61. The predicted molar refractivity (Wildman–Crippen MR) is 66.6 cm³/mol. The van der Waals surface area contributed by atoms with E-state index in [0.717, 1.165) is 4.57 Å². The Kier molecular flexibility index (Phi) is 2.38. The first-order valence-corrected chi connectivity index (χ1v) is 5.38. The number of anilines is 1. The molecule has 19 heavy (non-hydrogen) atoms. The van der Waals surface area contributed by atoms with Crippen LogP contribution in [0.4, 0.5) is 5.69 Å². The summed E-state index contributed by atoms with van der Waals surface area (Å²) in [5.74, 6) is -1.38. The van der Waals surface area contributed by atoms with Gasteiger partial charge in [0.2, 0.25) is 0 Å². The van der Waals surface area contributed by atoms with Gasteiger partial charge in [0.05, 0.1) is 11.7 Å². The van der Waals surface area contributed by atoms with E-state index in [1.807, 2.05) is 0 Å². The quantitative estimate of drug-likeness (QED) is 0.641. The Morgan fingerprint density at radius 1 is 1.32 bits per heavy atom. The van der Waals surface area contributed by atoms with Crippen LogP contribution in [0, 0.1) is 0 Å². The molecule has 94 valence electrons. The van der Waals surface area contributed by atoms with E-state index in [2.05, 4.69) is 9.97 Å². The largest absolute Gasteiger partial charge is 0.427 e. The fourth-order valence-electron chi connectivity index (χ4n) is 1.75. The molecule has 0 amide bonds. The number of benzene rings is 1. The van der Waals surface area contributed by atoms with Crippen LogP contribution in [0.15, 0.2) is 46.0 Å². The van der Waals surface area contributed by atoms with Crippen LogP contribution in [0.1, 0.15) is 10.5 Å². The van der Waals surface area contributed by atoms with Crippen LogP contribution in [0.2, 0.25) is 0 Å². The molecule has 0 atom stereocenters. The zero-order chi connectivity index (χ0) is 13.4. The Bertz CT molecular complexity index is 820. The maximum atomic E-state index is 12.2. The van der Waals surface area contributed by atoms with Crippen molar-refractivity contribution in [3.63, 3.8) is 0 Å². The summed E-state index contributed by atoms with van der Waals surface area (Å²) in [5.41, 5.74) is 6.69. The molecule has 2 N–H and O–H groups in total. The fourth-order valence-corrected chi connectivity index (χ4v) is 1.75. The van der Waals surface area contributed by atoms with Crippen LogP contribution in [0.25, 0.3) is 11.1 Å². The predicted octanol–water partition coefficient (Wildman–Crippen LogP) is 0.655. The molecular formula is C12H8N4O3. The van der Waals surface area contributed by atoms with Gasteiger partial charge < -0.3 is 10.2 Å². The highest BCUT2D eigenvalue weighted by atomic mass is 16.4. The summed E-state index contributed by atoms with van der Waals surface area (Å²) in [7, 11) is 0. The van der Waals surface area contributed by atoms with Crippen molar-refractivity contribution in [2.75, 3.05) is 5.73 Å². The minimum atomic E-state index is -0.781. The molecule has 0 aliphatic rings. The van der Waals surface area contributed by atoms with E-state index in [4.69, 9.17) is 10.2 Å². The molecule has 0 fully saturated rings.